The van der Waals surface area contributed by atoms with E-state index in [1.54, 1.807) is 19.2 Å². The van der Waals surface area contributed by atoms with Crippen molar-refractivity contribution in [3.8, 4) is 5.75 Å². The van der Waals surface area contributed by atoms with Crippen molar-refractivity contribution in [2.75, 3.05) is 12.4 Å². The van der Waals surface area contributed by atoms with E-state index in [2.05, 4.69) is 23.5 Å². The number of methoxy groups -OCH3 is 1. The quantitative estimate of drug-likeness (QED) is 0.750. The number of carbonyl (C=O) groups is 1. The molecule has 0 radical (unpaired) electrons. The molecule has 0 spiro atoms. The SMILES string of the molecule is COc1cccc(C2CCC(CC(=O)Nc3ccc(Cl)cc3)CC2)c1. The predicted molar refractivity (Wildman–Crippen MR) is 102 cm³/mol. The Labute approximate surface area is 154 Å². The van der Waals surface area contributed by atoms with E-state index in [4.69, 9.17) is 16.3 Å². The van der Waals surface area contributed by atoms with Gasteiger partial charge in [0.15, 0.2) is 0 Å². The van der Waals surface area contributed by atoms with Crippen molar-refractivity contribution in [3.05, 3.63) is 59.1 Å². The number of benzene rings is 2. The van der Waals surface area contributed by atoms with Gasteiger partial charge in [-0.3, -0.25) is 4.79 Å². The Balaban J connectivity index is 1.48. The van der Waals surface area contributed by atoms with Crippen LogP contribution in [-0.2, 0) is 4.79 Å². The molecule has 0 saturated heterocycles. The zero-order chi connectivity index (χ0) is 17.6. The van der Waals surface area contributed by atoms with E-state index >= 15 is 0 Å². The van der Waals surface area contributed by atoms with Crippen molar-refractivity contribution in [3.63, 3.8) is 0 Å². The number of carbonyl (C=O) groups excluding carboxylic acids is 1. The van der Waals surface area contributed by atoms with Gasteiger partial charge in [0.05, 0.1) is 7.11 Å². The minimum atomic E-state index is 0.0900. The van der Waals surface area contributed by atoms with E-state index in [9.17, 15) is 4.79 Å². The Hall–Kier alpha value is -2.00. The fraction of sp³-hybridized carbons (Fsp3) is 0.381. The van der Waals surface area contributed by atoms with Gasteiger partial charge < -0.3 is 10.1 Å². The molecule has 132 valence electrons. The van der Waals surface area contributed by atoms with Crippen molar-refractivity contribution >= 4 is 23.2 Å². The molecular formula is C21H24ClNO2. The fourth-order valence-corrected chi connectivity index (χ4v) is 3.73. The molecule has 1 saturated carbocycles. The van der Waals surface area contributed by atoms with E-state index in [1.165, 1.54) is 5.56 Å². The van der Waals surface area contributed by atoms with Crippen LogP contribution in [0.4, 0.5) is 5.69 Å². The van der Waals surface area contributed by atoms with Crippen LogP contribution in [-0.4, -0.2) is 13.0 Å². The summed E-state index contributed by atoms with van der Waals surface area (Å²) in [5.74, 6) is 2.05. The van der Waals surface area contributed by atoms with Gasteiger partial charge in [-0.2, -0.15) is 0 Å². The number of hydrogen-bond acceptors (Lipinski definition) is 2. The molecule has 2 aromatic rings. The van der Waals surface area contributed by atoms with E-state index in [0.29, 0.717) is 23.3 Å². The zero-order valence-electron chi connectivity index (χ0n) is 14.5. The standard InChI is InChI=1S/C21H24ClNO2/c1-25-20-4-2-3-17(14-20)16-7-5-15(6-8-16)13-21(24)23-19-11-9-18(22)10-12-19/h2-4,9-12,14-16H,5-8,13H2,1H3,(H,23,24). The lowest BCUT2D eigenvalue weighted by Gasteiger charge is -2.28. The molecule has 0 aliphatic heterocycles. The first-order valence-electron chi connectivity index (χ1n) is 8.83. The number of hydrogen-bond donors (Lipinski definition) is 1. The van der Waals surface area contributed by atoms with Crippen LogP contribution in [0.25, 0.3) is 0 Å². The van der Waals surface area contributed by atoms with Crippen LogP contribution in [0.1, 0.15) is 43.6 Å². The highest BCUT2D eigenvalue weighted by Gasteiger charge is 2.24. The third-order valence-electron chi connectivity index (χ3n) is 5.01. The normalized spacial score (nSPS) is 20.1. The van der Waals surface area contributed by atoms with Gasteiger partial charge in [0, 0.05) is 17.1 Å². The molecule has 0 heterocycles. The van der Waals surface area contributed by atoms with Crippen LogP contribution in [0.15, 0.2) is 48.5 Å². The van der Waals surface area contributed by atoms with Crippen LogP contribution in [0, 0.1) is 5.92 Å². The summed E-state index contributed by atoms with van der Waals surface area (Å²) in [6.07, 6.45) is 5.04. The third kappa shape index (κ3) is 4.99. The minimum absolute atomic E-state index is 0.0900. The number of rotatable bonds is 5. The maximum Gasteiger partial charge on any atom is 0.224 e. The van der Waals surface area contributed by atoms with Gasteiger partial charge in [0.1, 0.15) is 5.75 Å². The first kappa shape index (κ1) is 17.8. The van der Waals surface area contributed by atoms with Gasteiger partial charge in [0.2, 0.25) is 5.91 Å². The van der Waals surface area contributed by atoms with E-state index in [0.717, 1.165) is 37.1 Å². The van der Waals surface area contributed by atoms with Crippen molar-refractivity contribution in [1.29, 1.82) is 0 Å². The Morgan fingerprint density at radius 2 is 1.84 bits per heavy atom. The highest BCUT2D eigenvalue weighted by molar-refractivity contribution is 6.30. The number of ether oxygens (including phenoxy) is 1. The minimum Gasteiger partial charge on any atom is -0.497 e. The van der Waals surface area contributed by atoms with Gasteiger partial charge in [-0.1, -0.05) is 23.7 Å². The van der Waals surface area contributed by atoms with Crippen molar-refractivity contribution in [2.24, 2.45) is 5.92 Å². The molecule has 1 aliphatic carbocycles. The van der Waals surface area contributed by atoms with Crippen LogP contribution in [0.2, 0.25) is 5.02 Å². The maximum absolute atomic E-state index is 12.2. The van der Waals surface area contributed by atoms with Gasteiger partial charge >= 0.3 is 0 Å². The second kappa shape index (κ2) is 8.39. The van der Waals surface area contributed by atoms with Crippen molar-refractivity contribution in [1.82, 2.24) is 0 Å². The van der Waals surface area contributed by atoms with E-state index in [-0.39, 0.29) is 5.91 Å². The summed E-state index contributed by atoms with van der Waals surface area (Å²) in [6, 6.07) is 15.6. The molecule has 0 bridgehead atoms. The molecule has 0 atom stereocenters. The monoisotopic (exact) mass is 357 g/mol. The van der Waals surface area contributed by atoms with Crippen LogP contribution in [0.5, 0.6) is 5.75 Å². The third-order valence-corrected chi connectivity index (χ3v) is 5.27. The largest absolute Gasteiger partial charge is 0.497 e. The van der Waals surface area contributed by atoms with Crippen molar-refractivity contribution in [2.45, 2.75) is 38.0 Å². The van der Waals surface area contributed by atoms with Gasteiger partial charge in [-0.25, -0.2) is 0 Å². The molecule has 3 nitrogen and oxygen atoms in total. The first-order valence-corrected chi connectivity index (χ1v) is 9.21. The van der Waals surface area contributed by atoms with Crippen LogP contribution >= 0.6 is 11.6 Å². The van der Waals surface area contributed by atoms with Crippen LogP contribution < -0.4 is 10.1 Å². The van der Waals surface area contributed by atoms with E-state index in [1.807, 2.05) is 18.2 Å². The molecule has 2 aromatic carbocycles. The molecular weight excluding hydrogens is 334 g/mol. The van der Waals surface area contributed by atoms with Gasteiger partial charge in [-0.05, 0) is 79.5 Å². The maximum atomic E-state index is 12.2. The van der Waals surface area contributed by atoms with Gasteiger partial charge in [0.25, 0.3) is 0 Å². The van der Waals surface area contributed by atoms with Crippen molar-refractivity contribution < 1.29 is 9.53 Å². The first-order chi connectivity index (χ1) is 12.1. The van der Waals surface area contributed by atoms with E-state index < -0.39 is 0 Å². The topological polar surface area (TPSA) is 38.3 Å². The lowest BCUT2D eigenvalue weighted by atomic mass is 9.77. The summed E-state index contributed by atoms with van der Waals surface area (Å²) >= 11 is 5.87. The molecule has 1 fully saturated rings. The molecule has 3 rings (SSSR count). The molecule has 1 N–H and O–H groups in total. The summed E-state index contributed by atoms with van der Waals surface area (Å²) in [4.78, 5) is 12.2. The lowest BCUT2D eigenvalue weighted by molar-refractivity contribution is -0.117. The zero-order valence-corrected chi connectivity index (χ0v) is 15.3. The number of nitrogens with one attached hydrogen (secondary N) is 1. The number of halogens is 1. The molecule has 0 unspecified atom stereocenters. The molecule has 25 heavy (non-hydrogen) atoms. The molecule has 1 aliphatic rings. The second-order valence-corrected chi connectivity index (χ2v) is 7.19. The Morgan fingerprint density at radius 3 is 2.52 bits per heavy atom. The average molecular weight is 358 g/mol. The Morgan fingerprint density at radius 1 is 1.12 bits per heavy atom. The Bertz CT molecular complexity index is 706. The molecule has 1 amide bonds. The molecule has 4 heteroatoms. The Kier molecular flexibility index (Phi) is 5.98. The highest BCUT2D eigenvalue weighted by atomic mass is 35.5. The van der Waals surface area contributed by atoms with Crippen LogP contribution in [0.3, 0.4) is 0 Å². The summed E-state index contributed by atoms with van der Waals surface area (Å²) in [5.41, 5.74) is 2.16. The number of anilines is 1. The summed E-state index contributed by atoms with van der Waals surface area (Å²) in [7, 11) is 1.70. The fourth-order valence-electron chi connectivity index (χ4n) is 3.60. The summed E-state index contributed by atoms with van der Waals surface area (Å²) < 4.78 is 5.32. The lowest BCUT2D eigenvalue weighted by Crippen LogP contribution is -2.20. The highest BCUT2D eigenvalue weighted by Crippen LogP contribution is 2.38. The second-order valence-electron chi connectivity index (χ2n) is 6.75. The average Bonchev–Trinajstić information content (AvgIpc) is 2.64. The number of amides is 1. The summed E-state index contributed by atoms with van der Waals surface area (Å²) in [5, 5.41) is 3.64. The predicted octanol–water partition coefficient (Wildman–Crippen LogP) is 5.65. The molecule has 0 aromatic heterocycles. The van der Waals surface area contributed by atoms with Gasteiger partial charge in [-0.15, -0.1) is 0 Å². The summed E-state index contributed by atoms with van der Waals surface area (Å²) in [6.45, 7) is 0. The smallest absolute Gasteiger partial charge is 0.224 e.